The first-order valence-electron chi connectivity index (χ1n) is 12.1. The van der Waals surface area contributed by atoms with Crippen LogP contribution in [0.5, 0.6) is 0 Å². The third kappa shape index (κ3) is 5.77. The normalized spacial score (nSPS) is 14.3. The zero-order valence-electron chi connectivity index (χ0n) is 19.5. The summed E-state index contributed by atoms with van der Waals surface area (Å²) in [5.41, 5.74) is 1.60. The minimum Gasteiger partial charge on any atom is -0.351 e. The number of nitrogens with zero attached hydrogens (tertiary/aromatic N) is 3. The molecule has 1 saturated heterocycles. The number of piperidine rings is 1. The summed E-state index contributed by atoms with van der Waals surface area (Å²) >= 11 is 3.00. The predicted octanol–water partition coefficient (Wildman–Crippen LogP) is 5.87. The van der Waals surface area contributed by atoms with E-state index >= 15 is 0 Å². The Kier molecular flexibility index (Phi) is 7.49. The van der Waals surface area contributed by atoms with Gasteiger partial charge in [-0.1, -0.05) is 43.2 Å². The zero-order chi connectivity index (χ0) is 24.0. The average Bonchev–Trinajstić information content (AvgIpc) is 3.57. The fourth-order valence-electron chi connectivity index (χ4n) is 4.52. The van der Waals surface area contributed by atoms with E-state index in [1.807, 2.05) is 52.7 Å². The van der Waals surface area contributed by atoms with Gasteiger partial charge in [-0.25, -0.2) is 4.98 Å². The van der Waals surface area contributed by atoms with Crippen molar-refractivity contribution in [2.75, 3.05) is 19.6 Å². The number of rotatable bonds is 8. The first kappa shape index (κ1) is 23.6. The van der Waals surface area contributed by atoms with Crippen LogP contribution in [0.1, 0.15) is 52.3 Å². The molecule has 35 heavy (non-hydrogen) atoms. The molecule has 6 nitrogen and oxygen atoms in total. The fourth-order valence-corrected chi connectivity index (χ4v) is 6.26. The number of unbranched alkanes of at least 4 members (excludes halogenated alkanes) is 1. The van der Waals surface area contributed by atoms with Gasteiger partial charge in [-0.2, -0.15) is 0 Å². The van der Waals surface area contributed by atoms with Gasteiger partial charge in [0.05, 0.1) is 9.58 Å². The number of benzene rings is 1. The van der Waals surface area contributed by atoms with Crippen LogP contribution in [0.2, 0.25) is 0 Å². The SMILES string of the molecule is O=C(NCCCCC1CCN(C(=O)c2csc(-c3ccccc3)n2)CC1)c1cc2ccncc2s1. The number of aromatic nitrogens is 2. The molecule has 8 heteroatoms. The monoisotopic (exact) mass is 504 g/mol. The lowest BCUT2D eigenvalue weighted by Gasteiger charge is -2.31. The Morgan fingerprint density at radius 2 is 1.91 bits per heavy atom. The molecule has 4 aromatic rings. The molecule has 1 aliphatic heterocycles. The lowest BCUT2D eigenvalue weighted by molar-refractivity contribution is 0.0680. The number of thiazole rings is 1. The van der Waals surface area contributed by atoms with E-state index in [-0.39, 0.29) is 11.8 Å². The van der Waals surface area contributed by atoms with Crippen molar-refractivity contribution in [3.05, 3.63) is 70.8 Å². The molecule has 2 amide bonds. The quantitative estimate of drug-likeness (QED) is 0.305. The van der Waals surface area contributed by atoms with Gasteiger partial charge in [-0.3, -0.25) is 14.6 Å². The molecule has 0 bridgehead atoms. The van der Waals surface area contributed by atoms with E-state index < -0.39 is 0 Å². The standard InChI is InChI=1S/C27H28N4O2S2/c32-25(23-16-21-9-13-28-17-24(21)35-23)29-12-5-4-6-19-10-14-31(15-11-19)27(33)22-18-34-26(30-22)20-7-2-1-3-8-20/h1-3,7-9,13,16-19H,4-6,10-12,14-15H2,(H,29,32). The highest BCUT2D eigenvalue weighted by Gasteiger charge is 2.25. The number of hydrogen-bond acceptors (Lipinski definition) is 6. The highest BCUT2D eigenvalue weighted by Crippen LogP contribution is 2.27. The van der Waals surface area contributed by atoms with Crippen molar-refractivity contribution in [1.82, 2.24) is 20.2 Å². The maximum absolute atomic E-state index is 12.9. The lowest BCUT2D eigenvalue weighted by atomic mass is 9.91. The largest absolute Gasteiger partial charge is 0.351 e. The van der Waals surface area contributed by atoms with Crippen LogP contribution in [0.4, 0.5) is 0 Å². The fraction of sp³-hybridized carbons (Fsp3) is 0.333. The predicted molar refractivity (Wildman–Crippen MR) is 142 cm³/mol. The van der Waals surface area contributed by atoms with Crippen molar-refractivity contribution < 1.29 is 9.59 Å². The molecular weight excluding hydrogens is 476 g/mol. The second-order valence-corrected chi connectivity index (χ2v) is 10.9. The Labute approximate surface area is 213 Å². The molecule has 3 aromatic heterocycles. The number of pyridine rings is 1. The summed E-state index contributed by atoms with van der Waals surface area (Å²) in [5, 5.41) is 6.87. The maximum Gasteiger partial charge on any atom is 0.273 e. The topological polar surface area (TPSA) is 75.2 Å². The Hall–Kier alpha value is -3.10. The number of fused-ring (bicyclic) bond motifs is 1. The van der Waals surface area contributed by atoms with Crippen molar-refractivity contribution in [3.8, 4) is 10.6 Å². The van der Waals surface area contributed by atoms with Crippen molar-refractivity contribution in [1.29, 1.82) is 0 Å². The third-order valence-electron chi connectivity index (χ3n) is 6.52. The van der Waals surface area contributed by atoms with Crippen LogP contribution in [0.15, 0.2) is 60.2 Å². The molecular formula is C27H28N4O2S2. The minimum absolute atomic E-state index is 0.00418. The average molecular weight is 505 g/mol. The summed E-state index contributed by atoms with van der Waals surface area (Å²) in [6, 6.07) is 13.9. The van der Waals surface area contributed by atoms with Crippen molar-refractivity contribution in [2.45, 2.75) is 32.1 Å². The van der Waals surface area contributed by atoms with E-state index in [0.29, 0.717) is 18.2 Å². The first-order chi connectivity index (χ1) is 17.2. The van der Waals surface area contributed by atoms with Crippen LogP contribution in [0, 0.1) is 5.92 Å². The number of nitrogens with one attached hydrogen (secondary N) is 1. The van der Waals surface area contributed by atoms with Gasteiger partial charge < -0.3 is 10.2 Å². The lowest BCUT2D eigenvalue weighted by Crippen LogP contribution is -2.38. The third-order valence-corrected chi connectivity index (χ3v) is 8.49. The molecule has 4 heterocycles. The molecule has 0 aliphatic carbocycles. The van der Waals surface area contributed by atoms with Gasteiger partial charge in [0.1, 0.15) is 10.7 Å². The molecule has 1 N–H and O–H groups in total. The van der Waals surface area contributed by atoms with Gasteiger partial charge >= 0.3 is 0 Å². The van der Waals surface area contributed by atoms with E-state index in [2.05, 4.69) is 15.3 Å². The maximum atomic E-state index is 12.9. The van der Waals surface area contributed by atoms with Crippen LogP contribution in [-0.2, 0) is 0 Å². The van der Waals surface area contributed by atoms with Crippen LogP contribution in [-0.4, -0.2) is 46.3 Å². The molecule has 0 spiro atoms. The molecule has 1 aliphatic rings. The molecule has 0 radical (unpaired) electrons. The molecule has 1 fully saturated rings. The summed E-state index contributed by atoms with van der Waals surface area (Å²) in [6.45, 7) is 2.27. The second kappa shape index (κ2) is 11.1. The number of thiophene rings is 1. The smallest absolute Gasteiger partial charge is 0.273 e. The number of amides is 2. The summed E-state index contributed by atoms with van der Waals surface area (Å²) < 4.78 is 1.04. The van der Waals surface area contributed by atoms with Crippen molar-refractivity contribution in [3.63, 3.8) is 0 Å². The Balaban J connectivity index is 1.01. The first-order valence-corrected chi connectivity index (χ1v) is 13.8. The number of likely N-dealkylation sites (tertiary alicyclic amines) is 1. The van der Waals surface area contributed by atoms with Crippen LogP contribution in [0.3, 0.4) is 0 Å². The van der Waals surface area contributed by atoms with Gasteiger partial charge in [0.25, 0.3) is 11.8 Å². The summed E-state index contributed by atoms with van der Waals surface area (Å²) in [6.07, 6.45) is 8.81. The molecule has 1 aromatic carbocycles. The number of carbonyl (C=O) groups is 2. The molecule has 0 saturated carbocycles. The van der Waals surface area contributed by atoms with E-state index in [1.54, 1.807) is 12.4 Å². The molecule has 180 valence electrons. The second-order valence-electron chi connectivity index (χ2n) is 8.92. The van der Waals surface area contributed by atoms with E-state index in [9.17, 15) is 9.59 Å². The summed E-state index contributed by atoms with van der Waals surface area (Å²) in [4.78, 5) is 36.7. The number of carbonyl (C=O) groups excluding carboxylic acids is 2. The minimum atomic E-state index is -0.00418. The highest BCUT2D eigenvalue weighted by molar-refractivity contribution is 7.20. The van der Waals surface area contributed by atoms with Gasteiger partial charge in [0.15, 0.2) is 0 Å². The van der Waals surface area contributed by atoms with Gasteiger partial charge in [-0.05, 0) is 42.7 Å². The van der Waals surface area contributed by atoms with E-state index in [4.69, 9.17) is 0 Å². The van der Waals surface area contributed by atoms with Gasteiger partial charge in [-0.15, -0.1) is 22.7 Å². The number of hydrogen-bond donors (Lipinski definition) is 1. The van der Waals surface area contributed by atoms with Gasteiger partial charge in [0.2, 0.25) is 0 Å². The van der Waals surface area contributed by atoms with Crippen molar-refractivity contribution >= 4 is 44.6 Å². The summed E-state index contributed by atoms with van der Waals surface area (Å²) in [5.74, 6) is 0.678. The van der Waals surface area contributed by atoms with E-state index in [0.717, 1.165) is 70.7 Å². The van der Waals surface area contributed by atoms with Crippen LogP contribution >= 0.6 is 22.7 Å². The molecule has 0 atom stereocenters. The molecule has 5 rings (SSSR count). The van der Waals surface area contributed by atoms with Gasteiger partial charge in [0, 0.05) is 43.0 Å². The van der Waals surface area contributed by atoms with E-state index in [1.165, 1.54) is 22.7 Å². The van der Waals surface area contributed by atoms with Crippen molar-refractivity contribution in [2.24, 2.45) is 5.92 Å². The Morgan fingerprint density at radius 3 is 2.71 bits per heavy atom. The highest BCUT2D eigenvalue weighted by atomic mass is 32.1. The Morgan fingerprint density at radius 1 is 1.09 bits per heavy atom. The van der Waals surface area contributed by atoms with Crippen LogP contribution < -0.4 is 5.32 Å². The summed E-state index contributed by atoms with van der Waals surface area (Å²) in [7, 11) is 0. The Bertz CT molecular complexity index is 1260. The zero-order valence-corrected chi connectivity index (χ0v) is 21.1. The molecule has 0 unspecified atom stereocenters. The van der Waals surface area contributed by atoms with Crippen LogP contribution in [0.25, 0.3) is 20.7 Å².